The van der Waals surface area contributed by atoms with Gasteiger partial charge in [0.2, 0.25) is 0 Å². The second-order valence-corrected chi connectivity index (χ2v) is 2.12. The van der Waals surface area contributed by atoms with Gasteiger partial charge >= 0.3 is 0 Å². The molecule has 0 radical (unpaired) electrons. The van der Waals surface area contributed by atoms with Crippen LogP contribution in [0, 0.1) is 0 Å². The molecule has 0 unspecified atom stereocenters. The van der Waals surface area contributed by atoms with Crippen molar-refractivity contribution in [3.05, 3.63) is 12.4 Å². The van der Waals surface area contributed by atoms with E-state index in [1.807, 2.05) is 31.0 Å². The Kier molecular flexibility index (Phi) is 1.20. The molecule has 0 amide bonds. The van der Waals surface area contributed by atoms with Gasteiger partial charge in [0.15, 0.2) is 0 Å². The van der Waals surface area contributed by atoms with E-state index in [4.69, 9.17) is 0 Å². The summed E-state index contributed by atoms with van der Waals surface area (Å²) >= 11 is 0. The molecular formula is C6H11N3. The van der Waals surface area contributed by atoms with Gasteiger partial charge in [-0.15, -0.1) is 0 Å². The van der Waals surface area contributed by atoms with E-state index in [-0.39, 0.29) is 0 Å². The van der Waals surface area contributed by atoms with Crippen LogP contribution in [-0.4, -0.2) is 29.9 Å². The number of aliphatic imine (C=N–C) groups is 1. The van der Waals surface area contributed by atoms with Crippen molar-refractivity contribution in [2.45, 2.75) is 6.92 Å². The van der Waals surface area contributed by atoms with Gasteiger partial charge < -0.3 is 0 Å². The highest BCUT2D eigenvalue weighted by molar-refractivity contribution is 5.81. The van der Waals surface area contributed by atoms with Crippen LogP contribution in [0.5, 0.6) is 0 Å². The van der Waals surface area contributed by atoms with Crippen molar-refractivity contribution < 1.29 is 0 Å². The van der Waals surface area contributed by atoms with E-state index in [0.29, 0.717) is 0 Å². The van der Waals surface area contributed by atoms with Crippen molar-refractivity contribution >= 4 is 5.84 Å². The molecule has 1 rings (SSSR count). The van der Waals surface area contributed by atoms with E-state index in [9.17, 15) is 0 Å². The van der Waals surface area contributed by atoms with Gasteiger partial charge in [0.05, 0.1) is 0 Å². The van der Waals surface area contributed by atoms with E-state index in [0.717, 1.165) is 11.7 Å². The first-order chi connectivity index (χ1) is 4.13. The fourth-order valence-corrected chi connectivity index (χ4v) is 0.722. The summed E-state index contributed by atoms with van der Waals surface area (Å²) in [5, 5.41) is 3.84. The van der Waals surface area contributed by atoms with E-state index >= 15 is 0 Å². The van der Waals surface area contributed by atoms with Gasteiger partial charge in [-0.25, -0.2) is 4.99 Å². The molecule has 0 saturated heterocycles. The second kappa shape index (κ2) is 1.76. The normalized spacial score (nSPS) is 19.0. The van der Waals surface area contributed by atoms with Gasteiger partial charge in [-0.1, -0.05) is 6.58 Å². The van der Waals surface area contributed by atoms with Crippen LogP contribution in [0.3, 0.4) is 0 Å². The lowest BCUT2D eigenvalue weighted by Gasteiger charge is -2.22. The Bertz CT molecular complexity index is 171. The summed E-state index contributed by atoms with van der Waals surface area (Å²) < 4.78 is 0. The minimum absolute atomic E-state index is 0.801. The molecule has 0 aromatic carbocycles. The zero-order valence-corrected chi connectivity index (χ0v) is 6.05. The lowest BCUT2D eigenvalue weighted by molar-refractivity contribution is 0.174. The average Bonchev–Trinajstić information content (AvgIpc) is 1.98. The Hall–Kier alpha value is -0.990. The van der Waals surface area contributed by atoms with Crippen LogP contribution in [0.15, 0.2) is 17.4 Å². The topological polar surface area (TPSA) is 18.8 Å². The van der Waals surface area contributed by atoms with Gasteiger partial charge in [0, 0.05) is 14.1 Å². The summed E-state index contributed by atoms with van der Waals surface area (Å²) in [5.74, 6) is 1.79. The second-order valence-electron chi connectivity index (χ2n) is 2.12. The van der Waals surface area contributed by atoms with Crippen molar-refractivity contribution in [3.8, 4) is 0 Å². The zero-order chi connectivity index (χ0) is 7.02. The van der Waals surface area contributed by atoms with Crippen LogP contribution in [0.2, 0.25) is 0 Å². The van der Waals surface area contributed by atoms with E-state index < -0.39 is 0 Å². The maximum Gasteiger partial charge on any atom is 0.141 e. The van der Waals surface area contributed by atoms with E-state index in [1.54, 1.807) is 0 Å². The molecule has 50 valence electrons. The fourth-order valence-electron chi connectivity index (χ4n) is 0.722. The Morgan fingerprint density at radius 1 is 1.33 bits per heavy atom. The summed E-state index contributed by atoms with van der Waals surface area (Å²) in [7, 11) is 3.89. The molecule has 1 aliphatic heterocycles. The molecule has 0 fully saturated rings. The lowest BCUT2D eigenvalue weighted by Crippen LogP contribution is -2.32. The lowest BCUT2D eigenvalue weighted by atomic mass is 10.7. The van der Waals surface area contributed by atoms with Crippen molar-refractivity contribution in [1.29, 1.82) is 0 Å². The Balaban J connectivity index is 2.82. The number of hydrogen-bond acceptors (Lipinski definition) is 3. The first-order valence-electron chi connectivity index (χ1n) is 2.84. The maximum atomic E-state index is 4.12. The number of hydrazine groups is 1. The van der Waals surface area contributed by atoms with Gasteiger partial charge in [0.25, 0.3) is 0 Å². The van der Waals surface area contributed by atoms with Gasteiger partial charge in [-0.05, 0) is 6.92 Å². The van der Waals surface area contributed by atoms with Crippen molar-refractivity contribution in [2.24, 2.45) is 4.99 Å². The number of hydrogen-bond donors (Lipinski definition) is 0. The van der Waals surface area contributed by atoms with Crippen molar-refractivity contribution in [1.82, 2.24) is 10.0 Å². The molecule has 0 aliphatic carbocycles. The summed E-state index contributed by atoms with van der Waals surface area (Å²) in [4.78, 5) is 4.12. The van der Waals surface area contributed by atoms with Crippen LogP contribution in [0.1, 0.15) is 6.92 Å². The van der Waals surface area contributed by atoms with Crippen LogP contribution in [0.4, 0.5) is 0 Å². The van der Waals surface area contributed by atoms with Gasteiger partial charge in [0.1, 0.15) is 11.7 Å². The molecule has 3 heteroatoms. The minimum atomic E-state index is 0.801. The molecule has 0 N–H and O–H groups in total. The first-order valence-corrected chi connectivity index (χ1v) is 2.84. The number of nitrogens with zero attached hydrogens (tertiary/aromatic N) is 3. The fraction of sp³-hybridized carbons (Fsp3) is 0.500. The Morgan fingerprint density at radius 3 is 2.00 bits per heavy atom. The highest BCUT2D eigenvalue weighted by atomic mass is 15.7. The molecule has 0 aromatic heterocycles. The standard InChI is InChI=1S/C6H11N3/c1-5-7-6(2)9(4)8(5)3/h1H2,2-4H3. The first kappa shape index (κ1) is 6.13. The largest absolute Gasteiger partial charge is 0.274 e. The predicted molar refractivity (Wildman–Crippen MR) is 37.8 cm³/mol. The molecule has 0 saturated carbocycles. The smallest absolute Gasteiger partial charge is 0.141 e. The summed E-state index contributed by atoms with van der Waals surface area (Å²) in [6.07, 6.45) is 0. The predicted octanol–water partition coefficient (Wildman–Crippen LogP) is 0.668. The van der Waals surface area contributed by atoms with Crippen molar-refractivity contribution in [3.63, 3.8) is 0 Å². The molecular weight excluding hydrogens is 114 g/mol. The zero-order valence-electron chi connectivity index (χ0n) is 6.05. The molecule has 0 atom stereocenters. The van der Waals surface area contributed by atoms with Crippen molar-refractivity contribution in [2.75, 3.05) is 14.1 Å². The molecule has 0 bridgehead atoms. The van der Waals surface area contributed by atoms with Crippen LogP contribution < -0.4 is 0 Å². The van der Waals surface area contributed by atoms with Crippen LogP contribution >= 0.6 is 0 Å². The SMILES string of the molecule is C=C1N=C(C)N(C)N1C. The van der Waals surface area contributed by atoms with Crippen LogP contribution in [0.25, 0.3) is 0 Å². The monoisotopic (exact) mass is 125 g/mol. The highest BCUT2D eigenvalue weighted by Crippen LogP contribution is 2.12. The van der Waals surface area contributed by atoms with E-state index in [1.165, 1.54) is 0 Å². The summed E-state index contributed by atoms with van der Waals surface area (Å²) in [6, 6.07) is 0. The molecule has 1 heterocycles. The number of amidine groups is 1. The van der Waals surface area contributed by atoms with Crippen LogP contribution in [-0.2, 0) is 0 Å². The maximum absolute atomic E-state index is 4.12. The average molecular weight is 125 g/mol. The Morgan fingerprint density at radius 2 is 1.89 bits per heavy atom. The third-order valence-corrected chi connectivity index (χ3v) is 1.58. The Labute approximate surface area is 55.3 Å². The summed E-state index contributed by atoms with van der Waals surface area (Å²) in [6.45, 7) is 5.69. The third-order valence-electron chi connectivity index (χ3n) is 1.58. The summed E-state index contributed by atoms with van der Waals surface area (Å²) in [5.41, 5.74) is 0. The molecule has 1 aliphatic rings. The van der Waals surface area contributed by atoms with Gasteiger partial charge in [-0.3, -0.25) is 10.0 Å². The van der Waals surface area contributed by atoms with E-state index in [2.05, 4.69) is 11.6 Å². The minimum Gasteiger partial charge on any atom is -0.274 e. The molecule has 9 heavy (non-hydrogen) atoms. The third kappa shape index (κ3) is 0.781. The molecule has 0 spiro atoms. The highest BCUT2D eigenvalue weighted by Gasteiger charge is 2.15. The quantitative estimate of drug-likeness (QED) is 0.474. The molecule has 0 aromatic rings. The molecule has 3 nitrogen and oxygen atoms in total. The number of rotatable bonds is 0. The van der Waals surface area contributed by atoms with Gasteiger partial charge in [-0.2, -0.15) is 0 Å².